The monoisotopic (exact) mass is 494 g/mol. The lowest BCUT2D eigenvalue weighted by molar-refractivity contribution is 0.404. The molecule has 0 spiro atoms. The van der Waals surface area contributed by atoms with E-state index in [-0.39, 0.29) is 17.5 Å². The zero-order valence-corrected chi connectivity index (χ0v) is 19.4. The highest BCUT2D eigenvalue weighted by molar-refractivity contribution is 7.80. The van der Waals surface area contributed by atoms with Crippen molar-refractivity contribution in [3.63, 3.8) is 0 Å². The maximum atomic E-state index is 14.0. The second-order valence-electron chi connectivity index (χ2n) is 7.68. The highest BCUT2D eigenvalue weighted by Gasteiger charge is 2.35. The summed E-state index contributed by atoms with van der Waals surface area (Å²) in [6.07, 6.45) is 0. The zero-order valence-electron chi connectivity index (χ0n) is 17.8. The molecule has 3 aromatic carbocycles. The fraction of sp³-hybridized carbons (Fsp3) is 0.0800. The highest BCUT2D eigenvalue weighted by Crippen LogP contribution is 2.39. The molecule has 1 aliphatic heterocycles. The molecule has 1 aromatic heterocycles. The van der Waals surface area contributed by atoms with Crippen LogP contribution in [0.3, 0.4) is 0 Å². The zero-order chi connectivity index (χ0) is 23.8. The average molecular weight is 495 g/mol. The van der Waals surface area contributed by atoms with Crippen molar-refractivity contribution in [2.45, 2.75) is 13.0 Å². The van der Waals surface area contributed by atoms with Gasteiger partial charge in [0.1, 0.15) is 11.6 Å². The number of allylic oxidation sites excluding steroid dienone is 1. The molecule has 5 nitrogen and oxygen atoms in total. The molecule has 1 N–H and O–H groups in total. The van der Waals surface area contributed by atoms with Gasteiger partial charge in [-0.3, -0.25) is 4.90 Å². The maximum absolute atomic E-state index is 14.0. The number of benzene rings is 3. The van der Waals surface area contributed by atoms with Crippen LogP contribution in [0.1, 0.15) is 24.4 Å². The molecule has 5 rings (SSSR count). The van der Waals surface area contributed by atoms with E-state index in [1.54, 1.807) is 41.3 Å². The number of nitrogens with zero attached hydrogens (tertiary/aromatic N) is 3. The molecule has 1 atom stereocenters. The standard InChI is InChI=1S/C25H17ClF2N4OS/c1-14-21(24-30-23(31-33-24)16-4-2-5-18(27)12-16)22(15-8-10-17(26)11-9-15)29-25(34)32(14)20-7-3-6-19(28)13-20/h2-13,22H,1H3,(H,29,34). The second-order valence-corrected chi connectivity index (χ2v) is 8.51. The van der Waals surface area contributed by atoms with Crippen molar-refractivity contribution in [3.8, 4) is 11.4 Å². The molecule has 34 heavy (non-hydrogen) atoms. The summed E-state index contributed by atoms with van der Waals surface area (Å²) in [5.41, 5.74) is 3.23. The number of nitrogens with one attached hydrogen (secondary N) is 1. The molecular formula is C25H17ClF2N4OS. The summed E-state index contributed by atoms with van der Waals surface area (Å²) >= 11 is 11.7. The summed E-state index contributed by atoms with van der Waals surface area (Å²) in [5, 5.41) is 8.35. The fourth-order valence-electron chi connectivity index (χ4n) is 3.93. The number of anilines is 1. The minimum absolute atomic E-state index is 0.230. The molecular weight excluding hydrogens is 478 g/mol. The summed E-state index contributed by atoms with van der Waals surface area (Å²) in [4.78, 5) is 6.26. The topological polar surface area (TPSA) is 54.2 Å². The van der Waals surface area contributed by atoms with Gasteiger partial charge in [0.25, 0.3) is 5.89 Å². The summed E-state index contributed by atoms with van der Waals surface area (Å²) < 4.78 is 33.4. The first kappa shape index (κ1) is 22.2. The van der Waals surface area contributed by atoms with Crippen LogP contribution < -0.4 is 10.2 Å². The largest absolute Gasteiger partial charge is 0.351 e. The van der Waals surface area contributed by atoms with E-state index in [1.165, 1.54) is 24.3 Å². The van der Waals surface area contributed by atoms with Crippen molar-refractivity contribution in [2.75, 3.05) is 4.90 Å². The molecule has 0 fully saturated rings. The summed E-state index contributed by atoms with van der Waals surface area (Å²) in [6.45, 7) is 1.85. The number of hydrogen-bond donors (Lipinski definition) is 1. The molecule has 4 aromatic rings. The highest BCUT2D eigenvalue weighted by atomic mass is 35.5. The predicted octanol–water partition coefficient (Wildman–Crippen LogP) is 6.54. The molecule has 0 radical (unpaired) electrons. The average Bonchev–Trinajstić information content (AvgIpc) is 3.29. The first-order chi connectivity index (χ1) is 16.4. The normalized spacial score (nSPS) is 16.1. The second kappa shape index (κ2) is 8.96. The van der Waals surface area contributed by atoms with E-state index < -0.39 is 11.9 Å². The number of halogens is 3. The van der Waals surface area contributed by atoms with E-state index in [1.807, 2.05) is 19.1 Å². The van der Waals surface area contributed by atoms with E-state index >= 15 is 0 Å². The Morgan fingerprint density at radius 2 is 1.71 bits per heavy atom. The molecule has 0 bridgehead atoms. The van der Waals surface area contributed by atoms with E-state index in [0.717, 1.165) is 5.56 Å². The van der Waals surface area contributed by atoms with Crippen molar-refractivity contribution in [1.29, 1.82) is 0 Å². The third-order valence-electron chi connectivity index (χ3n) is 5.49. The first-order valence-corrected chi connectivity index (χ1v) is 11.1. The molecule has 0 saturated carbocycles. The quantitative estimate of drug-likeness (QED) is 0.325. The van der Waals surface area contributed by atoms with Gasteiger partial charge < -0.3 is 9.84 Å². The molecule has 0 aliphatic carbocycles. The fourth-order valence-corrected chi connectivity index (χ4v) is 4.42. The summed E-state index contributed by atoms with van der Waals surface area (Å²) in [5.74, 6) is -0.316. The van der Waals surface area contributed by atoms with Gasteiger partial charge >= 0.3 is 0 Å². The van der Waals surface area contributed by atoms with Gasteiger partial charge in [-0.25, -0.2) is 8.78 Å². The minimum atomic E-state index is -0.435. The smallest absolute Gasteiger partial charge is 0.258 e. The molecule has 9 heteroatoms. The molecule has 170 valence electrons. The molecule has 2 heterocycles. The van der Waals surface area contributed by atoms with Gasteiger partial charge in [0, 0.05) is 16.3 Å². The minimum Gasteiger partial charge on any atom is -0.351 e. The third-order valence-corrected chi connectivity index (χ3v) is 6.05. The van der Waals surface area contributed by atoms with Crippen LogP contribution in [0.2, 0.25) is 5.02 Å². The Morgan fingerprint density at radius 3 is 2.41 bits per heavy atom. The Balaban J connectivity index is 1.66. The Hall–Kier alpha value is -3.62. The van der Waals surface area contributed by atoms with Gasteiger partial charge in [0.2, 0.25) is 5.82 Å². The maximum Gasteiger partial charge on any atom is 0.258 e. The Labute approximate surface area is 204 Å². The van der Waals surface area contributed by atoms with Gasteiger partial charge in [-0.15, -0.1) is 0 Å². The van der Waals surface area contributed by atoms with E-state index in [9.17, 15) is 8.78 Å². The van der Waals surface area contributed by atoms with Gasteiger partial charge in [-0.1, -0.05) is 47.1 Å². The molecule has 1 unspecified atom stereocenters. The Bertz CT molecular complexity index is 1420. The first-order valence-electron chi connectivity index (χ1n) is 10.3. The van der Waals surface area contributed by atoms with Crippen molar-refractivity contribution in [1.82, 2.24) is 15.5 Å². The van der Waals surface area contributed by atoms with Crippen LogP contribution in [-0.2, 0) is 0 Å². The third kappa shape index (κ3) is 4.18. The molecule has 0 saturated heterocycles. The van der Waals surface area contributed by atoms with Crippen molar-refractivity contribution in [2.24, 2.45) is 0 Å². The van der Waals surface area contributed by atoms with E-state index in [2.05, 4.69) is 15.5 Å². The number of thiocarbonyl (C=S) groups is 1. The van der Waals surface area contributed by atoms with Gasteiger partial charge in [0.05, 0.1) is 17.3 Å². The van der Waals surface area contributed by atoms with Gasteiger partial charge in [0.15, 0.2) is 5.11 Å². The lowest BCUT2D eigenvalue weighted by atomic mass is 9.94. The number of aromatic nitrogens is 2. The van der Waals surface area contributed by atoms with Crippen LogP contribution in [-0.4, -0.2) is 15.3 Å². The molecule has 1 aliphatic rings. The molecule has 0 amide bonds. The summed E-state index contributed by atoms with van der Waals surface area (Å²) in [6, 6.07) is 18.9. The van der Waals surface area contributed by atoms with Crippen LogP contribution in [0.4, 0.5) is 14.5 Å². The van der Waals surface area contributed by atoms with Gasteiger partial charge in [-0.2, -0.15) is 4.98 Å². The lowest BCUT2D eigenvalue weighted by Gasteiger charge is -2.37. The number of rotatable bonds is 4. The van der Waals surface area contributed by atoms with Crippen LogP contribution >= 0.6 is 23.8 Å². The SMILES string of the molecule is CC1=C(c2nc(-c3cccc(F)c3)no2)C(c2ccc(Cl)cc2)NC(=S)N1c1cccc(F)c1. The van der Waals surface area contributed by atoms with Crippen molar-refractivity contribution in [3.05, 3.63) is 107 Å². The van der Waals surface area contributed by atoms with Crippen LogP contribution in [0.15, 0.2) is 83.0 Å². The van der Waals surface area contributed by atoms with E-state index in [4.69, 9.17) is 28.3 Å². The van der Waals surface area contributed by atoms with Crippen LogP contribution in [0.5, 0.6) is 0 Å². The van der Waals surface area contributed by atoms with Crippen LogP contribution in [0.25, 0.3) is 17.0 Å². The Morgan fingerprint density at radius 1 is 1.00 bits per heavy atom. The van der Waals surface area contributed by atoms with Crippen molar-refractivity contribution < 1.29 is 13.3 Å². The van der Waals surface area contributed by atoms with Crippen molar-refractivity contribution >= 4 is 40.2 Å². The number of hydrogen-bond acceptors (Lipinski definition) is 4. The van der Waals surface area contributed by atoms with E-state index in [0.29, 0.717) is 32.7 Å². The predicted molar refractivity (Wildman–Crippen MR) is 131 cm³/mol. The summed E-state index contributed by atoms with van der Waals surface area (Å²) in [7, 11) is 0. The van der Waals surface area contributed by atoms with Gasteiger partial charge in [-0.05, 0) is 67.2 Å². The Kier molecular flexibility index (Phi) is 5.85. The lowest BCUT2D eigenvalue weighted by Crippen LogP contribution is -2.46. The van der Waals surface area contributed by atoms with Crippen LogP contribution in [0, 0.1) is 11.6 Å².